The fourth-order valence-corrected chi connectivity index (χ4v) is 8.09. The van der Waals surface area contributed by atoms with Gasteiger partial charge < -0.3 is 15.5 Å². The Bertz CT molecular complexity index is 1480. The van der Waals surface area contributed by atoms with Crippen LogP contribution in [-0.2, 0) is 4.79 Å². The van der Waals surface area contributed by atoms with Crippen LogP contribution in [0.1, 0.15) is 251 Å². The molecule has 0 aliphatic rings. The summed E-state index contributed by atoms with van der Waals surface area (Å²) in [5.41, 5.74) is 0. The van der Waals surface area contributed by atoms with Crippen LogP contribution in [0.2, 0.25) is 0 Å². The van der Waals surface area contributed by atoms with E-state index in [0.717, 1.165) is 96.3 Å². The van der Waals surface area contributed by atoms with E-state index < -0.39 is 12.1 Å². The van der Waals surface area contributed by atoms with Crippen LogP contribution in [0.15, 0.2) is 146 Å². The van der Waals surface area contributed by atoms with Crippen molar-refractivity contribution in [3.63, 3.8) is 0 Å². The van der Waals surface area contributed by atoms with Crippen LogP contribution in [0.25, 0.3) is 0 Å². The number of nitrogens with one attached hydrogen (secondary N) is 1. The van der Waals surface area contributed by atoms with E-state index in [0.29, 0.717) is 6.42 Å². The number of carbonyl (C=O) groups excluding carboxylic acids is 1. The van der Waals surface area contributed by atoms with E-state index >= 15 is 0 Å². The van der Waals surface area contributed by atoms with Gasteiger partial charge in [-0.05, 0) is 109 Å². The first-order valence-corrected chi connectivity index (χ1v) is 29.5. The lowest BCUT2D eigenvalue weighted by Gasteiger charge is -2.19. The molecule has 0 saturated carbocycles. The third-order valence-electron chi connectivity index (χ3n) is 12.5. The molecule has 4 heteroatoms. The fourth-order valence-electron chi connectivity index (χ4n) is 8.09. The number of aliphatic hydroxyl groups is 2. The van der Waals surface area contributed by atoms with Crippen molar-refractivity contribution in [1.29, 1.82) is 0 Å². The van der Waals surface area contributed by atoms with Gasteiger partial charge in [0, 0.05) is 6.42 Å². The van der Waals surface area contributed by atoms with Gasteiger partial charge in [-0.25, -0.2) is 0 Å². The predicted octanol–water partition coefficient (Wildman–Crippen LogP) is 20.0. The van der Waals surface area contributed by atoms with E-state index in [4.69, 9.17) is 0 Å². The highest BCUT2D eigenvalue weighted by Gasteiger charge is 2.17. The second-order valence-corrected chi connectivity index (χ2v) is 19.3. The molecule has 3 N–H and O–H groups in total. The molecule has 71 heavy (non-hydrogen) atoms. The van der Waals surface area contributed by atoms with Crippen molar-refractivity contribution in [2.24, 2.45) is 0 Å². The van der Waals surface area contributed by atoms with E-state index in [2.05, 4.69) is 153 Å². The highest BCUT2D eigenvalue weighted by Crippen LogP contribution is 2.15. The number of carbonyl (C=O) groups is 1. The Morgan fingerprint density at radius 3 is 0.986 bits per heavy atom. The SMILES string of the molecule is CC/C=C\C/C=C\C/C=C\C/C=C\C/C=C\C/C=C\C/C=C\C/C=C\C/C=C\CCCC(=O)NC(CO)C(O)/C=C/CC/C=C/CC/C=C/CCCCCCCCCCCCCCCCCCCCCC. The van der Waals surface area contributed by atoms with Crippen molar-refractivity contribution in [3.8, 4) is 0 Å². The van der Waals surface area contributed by atoms with Gasteiger partial charge in [-0.2, -0.15) is 0 Å². The molecule has 0 aromatic heterocycles. The zero-order valence-electron chi connectivity index (χ0n) is 46.2. The predicted molar refractivity (Wildman–Crippen MR) is 317 cm³/mol. The molecule has 1 amide bonds. The second-order valence-electron chi connectivity index (χ2n) is 19.3. The molecule has 0 heterocycles. The smallest absolute Gasteiger partial charge is 0.220 e. The summed E-state index contributed by atoms with van der Waals surface area (Å²) in [6.45, 7) is 4.16. The maximum atomic E-state index is 12.5. The monoisotopic (exact) mass is 978 g/mol. The molecule has 0 aromatic rings. The van der Waals surface area contributed by atoms with Gasteiger partial charge in [0.15, 0.2) is 0 Å². The molecule has 0 aliphatic heterocycles. The van der Waals surface area contributed by atoms with Gasteiger partial charge in [0.2, 0.25) is 5.91 Å². The van der Waals surface area contributed by atoms with E-state index in [-0.39, 0.29) is 12.5 Å². The van der Waals surface area contributed by atoms with E-state index in [1.807, 2.05) is 6.08 Å². The molecule has 0 bridgehead atoms. The number of allylic oxidation sites excluding steroid dienone is 23. The minimum Gasteiger partial charge on any atom is -0.394 e. The second kappa shape index (κ2) is 60.6. The van der Waals surface area contributed by atoms with Gasteiger partial charge in [-0.1, -0.05) is 282 Å². The quantitative estimate of drug-likeness (QED) is 0.0420. The summed E-state index contributed by atoms with van der Waals surface area (Å²) in [4.78, 5) is 12.5. The highest BCUT2D eigenvalue weighted by molar-refractivity contribution is 5.76. The average molecular weight is 979 g/mol. The minimum atomic E-state index is -0.907. The summed E-state index contributed by atoms with van der Waals surface area (Å²) in [7, 11) is 0. The molecule has 0 rings (SSSR count). The Kier molecular flexibility index (Phi) is 57.4. The maximum Gasteiger partial charge on any atom is 0.220 e. The Balaban J connectivity index is 3.72. The van der Waals surface area contributed by atoms with Crippen molar-refractivity contribution in [2.75, 3.05) is 6.61 Å². The maximum absolute atomic E-state index is 12.5. The van der Waals surface area contributed by atoms with Crippen molar-refractivity contribution >= 4 is 5.91 Å². The number of rotatable bonds is 52. The number of hydrogen-bond donors (Lipinski definition) is 3. The van der Waals surface area contributed by atoms with Crippen molar-refractivity contribution in [3.05, 3.63) is 146 Å². The third-order valence-corrected chi connectivity index (χ3v) is 12.5. The van der Waals surface area contributed by atoms with Crippen LogP contribution in [0, 0.1) is 0 Å². The van der Waals surface area contributed by atoms with Gasteiger partial charge in [-0.3, -0.25) is 4.79 Å². The summed E-state index contributed by atoms with van der Waals surface area (Å²) in [5.74, 6) is -0.140. The largest absolute Gasteiger partial charge is 0.394 e. The topological polar surface area (TPSA) is 69.6 Å². The molecule has 0 fully saturated rings. The third kappa shape index (κ3) is 57.0. The lowest BCUT2D eigenvalue weighted by molar-refractivity contribution is -0.122. The molecule has 0 radical (unpaired) electrons. The molecular formula is C67H111NO3. The molecule has 4 nitrogen and oxygen atoms in total. The van der Waals surface area contributed by atoms with E-state index in [1.165, 1.54) is 135 Å². The Morgan fingerprint density at radius 1 is 0.352 bits per heavy atom. The Morgan fingerprint density at radius 2 is 0.634 bits per heavy atom. The molecule has 0 aromatic carbocycles. The molecule has 2 atom stereocenters. The van der Waals surface area contributed by atoms with Crippen molar-refractivity contribution < 1.29 is 15.0 Å². The number of amides is 1. The van der Waals surface area contributed by atoms with Crippen LogP contribution in [0.5, 0.6) is 0 Å². The lowest BCUT2D eigenvalue weighted by Crippen LogP contribution is -2.45. The van der Waals surface area contributed by atoms with Gasteiger partial charge in [0.1, 0.15) is 0 Å². The summed E-state index contributed by atoms with van der Waals surface area (Å²) in [6.07, 6.45) is 95.9. The highest BCUT2D eigenvalue weighted by atomic mass is 16.3. The van der Waals surface area contributed by atoms with Gasteiger partial charge in [0.05, 0.1) is 18.8 Å². The molecule has 402 valence electrons. The summed E-state index contributed by atoms with van der Waals surface area (Å²) in [5, 5.41) is 23.1. The summed E-state index contributed by atoms with van der Waals surface area (Å²) >= 11 is 0. The van der Waals surface area contributed by atoms with Crippen LogP contribution < -0.4 is 5.32 Å². The fraction of sp³-hybridized carbons (Fsp3) is 0.627. The number of aliphatic hydroxyl groups excluding tert-OH is 2. The molecule has 0 aliphatic carbocycles. The van der Waals surface area contributed by atoms with Gasteiger partial charge in [0.25, 0.3) is 0 Å². The number of hydrogen-bond acceptors (Lipinski definition) is 3. The molecule has 2 unspecified atom stereocenters. The van der Waals surface area contributed by atoms with E-state index in [9.17, 15) is 15.0 Å². The Labute approximate surface area is 440 Å². The minimum absolute atomic E-state index is 0.140. The molecular weight excluding hydrogens is 867 g/mol. The summed E-state index contributed by atoms with van der Waals surface area (Å²) in [6, 6.07) is -0.690. The standard InChI is InChI=1S/C67H111NO3/c1-3-5-7-9-11-13-15-17-19-21-23-25-27-29-31-33-35-36-38-40-42-44-46-48-50-52-54-56-58-60-62-66(70)65(64-69)68-67(71)63-61-59-57-55-53-51-49-47-45-43-41-39-37-34-32-30-28-26-24-22-20-18-16-14-12-10-8-6-4-2/h6,8,12,14,18,20,24,26,30,32,37,39,43-46,49,51-52,54-55,57,60,62,65-66,69-70H,3-5,7,9-11,13,15-17,19,21-23,25,27-29,31,33-36,38,40-42,47-48,50,53,56,58-59,61,63-64H2,1-2H3,(H,68,71)/b8-6-,14-12-,20-18-,26-24-,32-30-,39-37-,45-43-,46-44+,51-49-,54-52+,57-55-,62-60+. The van der Waals surface area contributed by atoms with Gasteiger partial charge >= 0.3 is 0 Å². The average Bonchev–Trinajstić information content (AvgIpc) is 3.37. The Hall–Kier alpha value is -3.73. The van der Waals surface area contributed by atoms with Crippen LogP contribution in [-0.4, -0.2) is 34.9 Å². The summed E-state index contributed by atoms with van der Waals surface area (Å²) < 4.78 is 0. The number of unbranched alkanes of at least 4 members (excludes halogenated alkanes) is 23. The van der Waals surface area contributed by atoms with Crippen LogP contribution in [0.3, 0.4) is 0 Å². The van der Waals surface area contributed by atoms with Crippen molar-refractivity contribution in [1.82, 2.24) is 5.32 Å². The van der Waals surface area contributed by atoms with Crippen LogP contribution >= 0.6 is 0 Å². The zero-order valence-corrected chi connectivity index (χ0v) is 46.2. The first-order valence-electron chi connectivity index (χ1n) is 29.5. The normalized spacial score (nSPS) is 13.9. The molecule has 0 spiro atoms. The van der Waals surface area contributed by atoms with Gasteiger partial charge in [-0.15, -0.1) is 0 Å². The van der Waals surface area contributed by atoms with Crippen molar-refractivity contribution in [2.45, 2.75) is 264 Å². The first kappa shape index (κ1) is 67.3. The zero-order chi connectivity index (χ0) is 51.3. The first-order chi connectivity index (χ1) is 35.2. The van der Waals surface area contributed by atoms with E-state index in [1.54, 1.807) is 6.08 Å². The lowest BCUT2D eigenvalue weighted by atomic mass is 10.0. The molecule has 0 saturated heterocycles. The van der Waals surface area contributed by atoms with Crippen LogP contribution in [0.4, 0.5) is 0 Å².